The lowest BCUT2D eigenvalue weighted by atomic mass is 9.89. The number of carboxylic acids is 1. The Morgan fingerprint density at radius 3 is 1.90 bits per heavy atom. The predicted molar refractivity (Wildman–Crippen MR) is 452 cm³/mol. The Bertz CT molecular complexity index is 5340. The van der Waals surface area contributed by atoms with Crippen molar-refractivity contribution in [3.8, 4) is 80.1 Å². The minimum Gasteiger partial charge on any atom is -0.508 e. The number of rotatable bonds is 22. The number of benzene rings is 7. The summed E-state index contributed by atoms with van der Waals surface area (Å²) in [5, 5.41) is 161. The molecule has 0 radical (unpaired) electrons. The largest absolute Gasteiger partial charge is 0.508 e. The monoisotopic (exact) mass is 1810 g/mol. The number of fused-ring (bicyclic) bond motifs is 14. The van der Waals surface area contributed by atoms with Gasteiger partial charge in [-0.1, -0.05) is 106 Å². The number of hydrogen-bond donors (Lipinski definition) is 21. The molecule has 0 aromatic heterocycles. The van der Waals surface area contributed by atoms with Crippen molar-refractivity contribution in [2.45, 2.75) is 188 Å². The van der Waals surface area contributed by atoms with Crippen LogP contribution in [0.15, 0.2) is 115 Å². The Balaban J connectivity index is 1.04. The highest BCUT2D eigenvalue weighted by Gasteiger charge is 2.52. The van der Waals surface area contributed by atoms with E-state index in [2.05, 4.69) is 61.7 Å². The zero-order valence-electron chi connectivity index (χ0n) is 69.7. The van der Waals surface area contributed by atoms with Crippen LogP contribution in [0.4, 0.5) is 0 Å². The molecule has 0 spiro atoms. The van der Waals surface area contributed by atoms with Gasteiger partial charge in [0.15, 0.2) is 29.1 Å². The number of unbranched alkanes of at least 4 members (excludes halogenated alkanes) is 5. The van der Waals surface area contributed by atoms with E-state index in [0.29, 0.717) is 30.9 Å². The summed E-state index contributed by atoms with van der Waals surface area (Å²) < 4.78 is 44.5. The van der Waals surface area contributed by atoms with Gasteiger partial charge in [0.2, 0.25) is 65.6 Å². The number of carbonyl (C=O) groups is 9. The molecule has 0 saturated carbocycles. The van der Waals surface area contributed by atoms with Crippen molar-refractivity contribution in [1.82, 2.24) is 52.8 Å². The molecule has 2 saturated heterocycles. The molecule has 7 aromatic rings. The number of phenolic OH excluding ortho intramolecular Hbond substituents is 4. The second-order valence-corrected chi connectivity index (χ2v) is 33.4. The van der Waals surface area contributed by atoms with Crippen LogP contribution in [-0.4, -0.2) is 234 Å². The maximum atomic E-state index is 16.8. The van der Waals surface area contributed by atoms with Gasteiger partial charge >= 0.3 is 5.97 Å². The summed E-state index contributed by atoms with van der Waals surface area (Å²) in [7, 11) is 4.74. The summed E-state index contributed by atoms with van der Waals surface area (Å²) in [6, 6.07) is 5.84. The lowest BCUT2D eigenvalue weighted by molar-refractivity contribution is -0.277. The van der Waals surface area contributed by atoms with Gasteiger partial charge < -0.3 is 142 Å². The molecule has 40 heteroatoms. The van der Waals surface area contributed by atoms with Gasteiger partial charge in [0.25, 0.3) is 0 Å². The van der Waals surface area contributed by atoms with Crippen molar-refractivity contribution in [3.63, 3.8) is 0 Å². The number of nitrogens with one attached hydrogen (secondary N) is 9. The number of aliphatic carboxylic acids is 1. The van der Waals surface area contributed by atoms with Crippen molar-refractivity contribution < 1.29 is 138 Å². The zero-order chi connectivity index (χ0) is 92.0. The lowest BCUT2D eigenvalue weighted by Crippen LogP contribution is -2.66. The highest BCUT2D eigenvalue weighted by atomic mass is 35.5. The highest BCUT2D eigenvalue weighted by Crippen LogP contribution is 2.51. The summed E-state index contributed by atoms with van der Waals surface area (Å²) in [5.41, 5.74) is -2.64. The summed E-state index contributed by atoms with van der Waals surface area (Å²) >= 11 is 14.3. The third-order valence-corrected chi connectivity index (χ3v) is 23.5. The van der Waals surface area contributed by atoms with Gasteiger partial charge in [0.05, 0.1) is 16.7 Å². The van der Waals surface area contributed by atoms with Crippen molar-refractivity contribution >= 4 is 76.4 Å². The van der Waals surface area contributed by atoms with Crippen LogP contribution in [0.3, 0.4) is 0 Å². The van der Waals surface area contributed by atoms with Gasteiger partial charge in [-0.2, -0.15) is 0 Å². The number of aliphatic hydroxyl groups excluding tert-OH is 7. The molecule has 8 heterocycles. The first-order chi connectivity index (χ1) is 61.1. The molecule has 8 amide bonds. The normalized spacial score (nSPS) is 25.8. The van der Waals surface area contributed by atoms with Crippen molar-refractivity contribution in [2.24, 2.45) is 5.92 Å². The van der Waals surface area contributed by atoms with E-state index in [1.165, 1.54) is 47.4 Å². The van der Waals surface area contributed by atoms with Gasteiger partial charge in [0, 0.05) is 48.2 Å². The third kappa shape index (κ3) is 20.9. The SMILES string of the molecule is CNCCCNC(=O)[C@@H]1NC(=O)[C@H]2NC(=O)[C@@H](NC(=O)[C@@H]3NC(=O)[C@@H]4NC(=O)[C@@H](Cc5ccc(cc5)Oc5cc3cc(c5O[C@@H]3O[C@H](C(=O)O)[C@@H](O)[C@H](O)[C@H]3NC(=O)CCCCCCCCC(C)C)Oc3ccc(cc3Cl)[C@H]2O)NC(=O)[C@H](N(C)C)c2ccc(O)c(c2)Oc2cc(O)c(Cl)c4c2)c2ccc(O)c(c2)-c2c(O[C@@H]3O[C@H](CO)[C@H](O)[C@H](O)[C@@H]3O)cc(O)cc21. The van der Waals surface area contributed by atoms with E-state index < -0.39 is 271 Å². The van der Waals surface area contributed by atoms with Crippen LogP contribution in [0.2, 0.25) is 10.0 Å². The molecule has 18 atom stereocenters. The number of halogens is 2. The Morgan fingerprint density at radius 2 is 1.20 bits per heavy atom. The molecule has 17 bridgehead atoms. The maximum absolute atomic E-state index is 16.8. The van der Waals surface area contributed by atoms with Gasteiger partial charge in [-0.05, 0) is 153 Å². The Morgan fingerprint density at radius 1 is 0.555 bits per heavy atom. The second kappa shape index (κ2) is 40.6. The number of phenols is 4. The van der Waals surface area contributed by atoms with Gasteiger partial charge in [-0.3, -0.25) is 43.3 Å². The molecule has 128 heavy (non-hydrogen) atoms. The van der Waals surface area contributed by atoms with Gasteiger partial charge in [-0.15, -0.1) is 0 Å². The molecule has 2 fully saturated rings. The minimum absolute atomic E-state index is 0.105. The Kier molecular flexibility index (Phi) is 29.7. The first-order valence-corrected chi connectivity index (χ1v) is 42.3. The molecule has 684 valence electrons. The number of aromatic hydroxyl groups is 4. The van der Waals surface area contributed by atoms with Gasteiger partial charge in [0.1, 0.15) is 131 Å². The van der Waals surface area contributed by atoms with E-state index in [1.54, 1.807) is 21.1 Å². The number of nitrogens with zero attached hydrogens (tertiary/aromatic N) is 1. The summed E-state index contributed by atoms with van der Waals surface area (Å²) in [4.78, 5) is 140. The smallest absolute Gasteiger partial charge is 0.335 e. The molecule has 38 nitrogen and oxygen atoms in total. The average molecular weight is 1820 g/mol. The number of aliphatic hydroxyl groups is 7. The molecule has 8 aliphatic rings. The van der Waals surface area contributed by atoms with E-state index in [0.717, 1.165) is 105 Å². The number of carbonyl (C=O) groups excluding carboxylic acids is 8. The summed E-state index contributed by atoms with van der Waals surface area (Å²) in [6.07, 6.45) is -15.8. The summed E-state index contributed by atoms with van der Waals surface area (Å²) in [5.74, 6) is -17.4. The van der Waals surface area contributed by atoms with Crippen LogP contribution >= 0.6 is 23.2 Å². The Hall–Kier alpha value is -11.9. The molecule has 7 aromatic carbocycles. The number of carboxylic acid groups (broad SMARTS) is 1. The first kappa shape index (κ1) is 93.7. The van der Waals surface area contributed by atoms with Gasteiger partial charge in [-0.25, -0.2) is 4.79 Å². The van der Waals surface area contributed by atoms with Crippen LogP contribution in [0.5, 0.6) is 69.0 Å². The fourth-order valence-electron chi connectivity index (χ4n) is 16.0. The zero-order valence-corrected chi connectivity index (χ0v) is 71.2. The van der Waals surface area contributed by atoms with E-state index in [9.17, 15) is 70.9 Å². The van der Waals surface area contributed by atoms with Crippen LogP contribution in [0.25, 0.3) is 11.1 Å². The predicted octanol–water partition coefficient (Wildman–Crippen LogP) is 4.17. The average Bonchev–Trinajstić information content (AvgIpc) is 0.762. The van der Waals surface area contributed by atoms with Crippen molar-refractivity contribution in [2.75, 3.05) is 40.8 Å². The van der Waals surface area contributed by atoms with Crippen LogP contribution in [-0.2, 0) is 59.0 Å². The molecular weight excluding hydrogens is 1720 g/mol. The number of likely N-dealkylation sites (N-methyl/N-ethyl adjacent to an activating group) is 1. The van der Waals surface area contributed by atoms with Crippen LogP contribution in [0, 0.1) is 5.92 Å². The van der Waals surface area contributed by atoms with Crippen molar-refractivity contribution in [3.05, 3.63) is 164 Å². The number of amides is 8. The standard InChI is InChI=1S/C88H100Cl2N10O28/c1-38(2)13-10-8-6-7-9-11-14-61(106)94-69-73(109)75(111)78(86(120)121)128-87(69)127-77-58-31-43-32-59(77)124-55-24-19-42(29-50(55)89)71(107)68-84(118)98-66(80(114)92-26-12-25-91-3)48-33-44(102)34-57(125-88-76(112)74(110)72(108)60(37-101)126-88)62(48)47-28-40(17-22-52(47)103)64(81(115)99-68)95-82(116)65(43)96-83(117)67-49-35-46(36-54(105)63(49)90)123-56-30-41(18-23-53(56)104)70(100(4)5)85(119)93-51(79(113)97-67)27-39-15-20-45(122-58)21-16-39/h15-24,28-36,38,51,60,64-76,78,87-88,91,101-105,107-112H,6-14,25-27,37H2,1-5H3,(H,92,114)(H,93,119)(H,94,106)(H,95,116)(H,96,117)(H,97,113)(H,98,118)(H,99,115)(H,120,121)/t51-,60-,64+,65-,66-,67-,68+,69-,70-,71-,72+,73-,74+,75+,76+,78+,87-,88-/m1/s1. The Labute approximate surface area is 742 Å². The lowest BCUT2D eigenvalue weighted by Gasteiger charge is -2.41. The maximum Gasteiger partial charge on any atom is 0.335 e. The molecular formula is C88H100Cl2N10O28. The molecule has 15 rings (SSSR count). The number of hydrogen-bond acceptors (Lipinski definition) is 29. The van der Waals surface area contributed by atoms with E-state index in [4.69, 9.17) is 56.4 Å². The molecule has 0 unspecified atom stereocenters. The molecule has 8 aliphatic heterocycles. The second-order valence-electron chi connectivity index (χ2n) is 32.6. The highest BCUT2D eigenvalue weighted by molar-refractivity contribution is 6.33. The van der Waals surface area contributed by atoms with E-state index in [1.807, 2.05) is 0 Å². The van der Waals surface area contributed by atoms with E-state index in [-0.39, 0.29) is 47.8 Å². The fourth-order valence-corrected chi connectivity index (χ4v) is 16.4. The number of ether oxygens (including phenoxy) is 7. The van der Waals surface area contributed by atoms with Crippen LogP contribution in [0.1, 0.15) is 147 Å². The van der Waals surface area contributed by atoms with E-state index >= 15 is 33.6 Å². The summed E-state index contributed by atoms with van der Waals surface area (Å²) in [6.45, 7) is 3.53. The fraction of sp³-hybridized carbons (Fsp3) is 0.420. The third-order valence-electron chi connectivity index (χ3n) is 22.8. The molecule has 21 N–H and O–H groups in total. The van der Waals surface area contributed by atoms with Crippen molar-refractivity contribution in [1.29, 1.82) is 0 Å². The van der Waals surface area contributed by atoms with Crippen LogP contribution < -0.4 is 71.5 Å². The minimum atomic E-state index is -2.45. The quantitative estimate of drug-likeness (QED) is 0.0423. The first-order valence-electron chi connectivity index (χ1n) is 41.5. The topological polar surface area (TPSA) is 573 Å². The molecule has 0 aliphatic carbocycles.